The minimum Gasteiger partial charge on any atom is -0.348 e. The first-order valence-electron chi connectivity index (χ1n) is 10.2. The summed E-state index contributed by atoms with van der Waals surface area (Å²) < 4.78 is 29.4. The fourth-order valence-corrected chi connectivity index (χ4v) is 3.67. The van der Waals surface area contributed by atoms with Gasteiger partial charge in [0.25, 0.3) is 0 Å². The second-order valence-corrected chi connectivity index (χ2v) is 8.40. The Kier molecular flexibility index (Phi) is 6.40. The Balaban J connectivity index is 1.68. The molecule has 2 aromatic heterocycles. The van der Waals surface area contributed by atoms with Gasteiger partial charge in [0.05, 0.1) is 17.9 Å². The molecule has 1 fully saturated rings. The third-order valence-electron chi connectivity index (χ3n) is 5.63. The van der Waals surface area contributed by atoms with Gasteiger partial charge in [0.2, 0.25) is 11.8 Å². The molecule has 0 bridgehead atoms. The zero-order chi connectivity index (χ0) is 22.9. The Morgan fingerprint density at radius 1 is 1.32 bits per heavy atom. The molecule has 0 saturated carbocycles. The van der Waals surface area contributed by atoms with Crippen LogP contribution in [-0.4, -0.2) is 55.8 Å². The van der Waals surface area contributed by atoms with Crippen molar-refractivity contribution in [1.82, 2.24) is 25.0 Å². The first-order valence-corrected chi connectivity index (χ1v) is 10.2. The summed E-state index contributed by atoms with van der Waals surface area (Å²) in [5.74, 6) is -1.37. The number of hydrogen-bond acceptors (Lipinski definition) is 5. The van der Waals surface area contributed by atoms with Crippen molar-refractivity contribution in [2.24, 2.45) is 12.8 Å². The van der Waals surface area contributed by atoms with E-state index in [0.29, 0.717) is 25.1 Å². The van der Waals surface area contributed by atoms with Crippen LogP contribution in [0.15, 0.2) is 24.5 Å². The van der Waals surface area contributed by atoms with Crippen molar-refractivity contribution >= 4 is 11.8 Å². The van der Waals surface area contributed by atoms with Gasteiger partial charge in [-0.05, 0) is 45.2 Å². The maximum absolute atomic E-state index is 14.1. The molecular weight excluding hydrogens is 406 g/mol. The average Bonchev–Trinajstić information content (AvgIpc) is 3.33. The minimum absolute atomic E-state index is 0.274. The number of carbonyl (C=O) groups excluding carboxylic acids is 2. The predicted octanol–water partition coefficient (Wildman–Crippen LogP) is 1.86. The number of likely N-dealkylation sites (tertiary alicyclic amines) is 1. The fourth-order valence-electron chi connectivity index (χ4n) is 3.67. The van der Waals surface area contributed by atoms with Crippen LogP contribution in [0.5, 0.6) is 0 Å². The molecule has 0 spiro atoms. The quantitative estimate of drug-likeness (QED) is 0.722. The molecule has 10 heteroatoms. The topological polar surface area (TPSA) is 106 Å². The molecule has 3 unspecified atom stereocenters. The SMILES string of the molecule is CC(NC(=O)C1CCCN1C(=O)C(N)C(C)(C)F)c1ccc(-c2c(F)cnn2C)nc1. The van der Waals surface area contributed by atoms with Gasteiger partial charge in [-0.1, -0.05) is 6.07 Å². The smallest absolute Gasteiger partial charge is 0.243 e. The van der Waals surface area contributed by atoms with Crippen molar-refractivity contribution in [2.75, 3.05) is 6.54 Å². The monoisotopic (exact) mass is 434 g/mol. The van der Waals surface area contributed by atoms with Crippen molar-refractivity contribution in [3.05, 3.63) is 35.9 Å². The van der Waals surface area contributed by atoms with Gasteiger partial charge < -0.3 is 16.0 Å². The molecule has 3 rings (SSSR count). The number of carbonyl (C=O) groups is 2. The van der Waals surface area contributed by atoms with Crippen molar-refractivity contribution < 1.29 is 18.4 Å². The second kappa shape index (κ2) is 8.70. The summed E-state index contributed by atoms with van der Waals surface area (Å²) in [4.78, 5) is 31.1. The summed E-state index contributed by atoms with van der Waals surface area (Å²) in [7, 11) is 1.63. The van der Waals surface area contributed by atoms with Gasteiger partial charge in [-0.15, -0.1) is 0 Å². The van der Waals surface area contributed by atoms with E-state index in [0.717, 1.165) is 11.8 Å². The number of nitrogens with two attached hydrogens (primary N) is 1. The molecule has 1 saturated heterocycles. The molecule has 1 aliphatic heterocycles. The third kappa shape index (κ3) is 4.73. The number of hydrogen-bond donors (Lipinski definition) is 2. The zero-order valence-electron chi connectivity index (χ0n) is 18.1. The number of halogens is 2. The first-order chi connectivity index (χ1) is 14.5. The number of aryl methyl sites for hydroxylation is 1. The lowest BCUT2D eigenvalue weighted by atomic mass is 10.00. The van der Waals surface area contributed by atoms with Crippen molar-refractivity contribution in [1.29, 1.82) is 0 Å². The summed E-state index contributed by atoms with van der Waals surface area (Å²) in [5.41, 5.74) is 5.30. The van der Waals surface area contributed by atoms with Gasteiger partial charge in [-0.2, -0.15) is 5.10 Å². The van der Waals surface area contributed by atoms with Crippen LogP contribution < -0.4 is 11.1 Å². The van der Waals surface area contributed by atoms with E-state index in [1.165, 1.54) is 23.4 Å². The van der Waals surface area contributed by atoms with Crippen LogP contribution in [0.4, 0.5) is 8.78 Å². The molecule has 3 heterocycles. The largest absolute Gasteiger partial charge is 0.348 e. The predicted molar refractivity (Wildman–Crippen MR) is 111 cm³/mol. The summed E-state index contributed by atoms with van der Waals surface area (Å²) in [6.07, 6.45) is 3.81. The minimum atomic E-state index is -1.88. The lowest BCUT2D eigenvalue weighted by Crippen LogP contribution is -2.56. The molecule has 0 aromatic carbocycles. The Morgan fingerprint density at radius 3 is 2.58 bits per heavy atom. The number of alkyl halides is 1. The average molecular weight is 434 g/mol. The van der Waals surface area contributed by atoms with E-state index in [1.54, 1.807) is 32.3 Å². The maximum Gasteiger partial charge on any atom is 0.243 e. The molecular formula is C21H28F2N6O2. The maximum atomic E-state index is 14.1. The van der Waals surface area contributed by atoms with Crippen LogP contribution in [0.25, 0.3) is 11.4 Å². The number of nitrogens with one attached hydrogen (secondary N) is 1. The first kappa shape index (κ1) is 22.8. The molecule has 3 atom stereocenters. The standard InChI is InChI=1S/C21H28F2N6O2/c1-12(13-7-8-15(25-10-13)17-14(22)11-26-28(17)4)27-19(30)16-6-5-9-29(16)20(31)18(24)21(2,3)23/h7-8,10-12,16,18H,5-6,9,24H2,1-4H3,(H,27,30). The van der Waals surface area contributed by atoms with Gasteiger partial charge in [0.1, 0.15) is 23.4 Å². The molecule has 8 nitrogen and oxygen atoms in total. The van der Waals surface area contributed by atoms with Crippen LogP contribution in [0.1, 0.15) is 45.2 Å². The third-order valence-corrected chi connectivity index (χ3v) is 5.63. The number of pyridine rings is 1. The molecule has 2 aromatic rings. The summed E-state index contributed by atoms with van der Waals surface area (Å²) in [5, 5.41) is 6.74. The van der Waals surface area contributed by atoms with Gasteiger partial charge in [-0.3, -0.25) is 19.3 Å². The zero-order valence-corrected chi connectivity index (χ0v) is 18.1. The lowest BCUT2D eigenvalue weighted by Gasteiger charge is -2.31. The van der Waals surface area contributed by atoms with E-state index in [-0.39, 0.29) is 11.6 Å². The number of nitrogens with zero attached hydrogens (tertiary/aromatic N) is 4. The van der Waals surface area contributed by atoms with E-state index in [2.05, 4.69) is 15.4 Å². The highest BCUT2D eigenvalue weighted by Crippen LogP contribution is 2.24. The molecule has 168 valence electrons. The summed E-state index contributed by atoms with van der Waals surface area (Å²) in [6.45, 7) is 4.64. The van der Waals surface area contributed by atoms with E-state index >= 15 is 0 Å². The van der Waals surface area contributed by atoms with E-state index < -0.39 is 35.5 Å². The number of rotatable bonds is 6. The van der Waals surface area contributed by atoms with Gasteiger partial charge in [-0.25, -0.2) is 8.78 Å². The van der Waals surface area contributed by atoms with Crippen LogP contribution in [0.3, 0.4) is 0 Å². The molecule has 1 aliphatic rings. The Hall–Kier alpha value is -2.88. The van der Waals surface area contributed by atoms with E-state index in [9.17, 15) is 18.4 Å². The highest BCUT2D eigenvalue weighted by molar-refractivity contribution is 5.91. The van der Waals surface area contributed by atoms with Crippen LogP contribution >= 0.6 is 0 Å². The molecule has 0 radical (unpaired) electrons. The van der Waals surface area contributed by atoms with Gasteiger partial charge in [0.15, 0.2) is 5.82 Å². The fraction of sp³-hybridized carbons (Fsp3) is 0.524. The van der Waals surface area contributed by atoms with Crippen molar-refractivity contribution in [3.8, 4) is 11.4 Å². The molecule has 2 amide bonds. The lowest BCUT2D eigenvalue weighted by molar-refractivity contribution is -0.141. The molecule has 3 N–H and O–H groups in total. The van der Waals surface area contributed by atoms with Crippen LogP contribution in [-0.2, 0) is 16.6 Å². The van der Waals surface area contributed by atoms with Crippen molar-refractivity contribution in [2.45, 2.75) is 57.4 Å². The van der Waals surface area contributed by atoms with Crippen LogP contribution in [0, 0.1) is 5.82 Å². The van der Waals surface area contributed by atoms with Gasteiger partial charge >= 0.3 is 0 Å². The molecule has 0 aliphatic carbocycles. The summed E-state index contributed by atoms with van der Waals surface area (Å²) in [6, 6.07) is 0.987. The summed E-state index contributed by atoms with van der Waals surface area (Å²) >= 11 is 0. The van der Waals surface area contributed by atoms with Crippen molar-refractivity contribution in [3.63, 3.8) is 0 Å². The molecule has 31 heavy (non-hydrogen) atoms. The Morgan fingerprint density at radius 2 is 2.03 bits per heavy atom. The second-order valence-electron chi connectivity index (χ2n) is 8.40. The highest BCUT2D eigenvalue weighted by atomic mass is 19.1. The Labute approximate surface area is 179 Å². The highest BCUT2D eigenvalue weighted by Gasteiger charge is 2.41. The van der Waals surface area contributed by atoms with E-state index in [4.69, 9.17) is 5.73 Å². The number of aromatic nitrogens is 3. The normalized spacial score (nSPS) is 18.7. The van der Waals surface area contributed by atoms with Gasteiger partial charge in [0, 0.05) is 19.8 Å². The number of amides is 2. The van der Waals surface area contributed by atoms with E-state index in [1.807, 2.05) is 0 Å². The Bertz CT molecular complexity index is 934. The van der Waals surface area contributed by atoms with Crippen LogP contribution in [0.2, 0.25) is 0 Å².